The number of fused-ring (bicyclic) bond motifs is 7. The molecule has 7 atom stereocenters. The van der Waals surface area contributed by atoms with Gasteiger partial charge in [-0.05, 0) is 92.0 Å². The number of hydrogen-bond acceptors (Lipinski definition) is 10. The Morgan fingerprint density at radius 1 is 1.09 bits per heavy atom. The molecule has 1 spiro atoms. The zero-order valence-electron chi connectivity index (χ0n) is 31.9. The molecule has 8 rings (SSSR count). The highest BCUT2D eigenvalue weighted by atomic mass is 35.5. The van der Waals surface area contributed by atoms with Gasteiger partial charge in [-0.2, -0.15) is 0 Å². The summed E-state index contributed by atoms with van der Waals surface area (Å²) in [7, 11) is -0.759. The third-order valence-electron chi connectivity index (χ3n) is 12.0. The van der Waals surface area contributed by atoms with Gasteiger partial charge in [0.05, 0.1) is 31.3 Å². The van der Waals surface area contributed by atoms with Crippen LogP contribution in [-0.2, 0) is 43.1 Å². The molecular formula is C41H48ClN5O8S. The quantitative estimate of drug-likeness (QED) is 0.253. The van der Waals surface area contributed by atoms with Crippen molar-refractivity contribution in [1.29, 1.82) is 0 Å². The van der Waals surface area contributed by atoms with Crippen molar-refractivity contribution in [2.45, 2.75) is 69.5 Å². The second-order valence-corrected chi connectivity index (χ2v) is 18.3. The minimum atomic E-state index is -3.78. The number of hydrogen-bond donors (Lipinski definition) is 1. The number of amides is 2. The number of methoxy groups -OCH3 is 1. The first-order valence-electron chi connectivity index (χ1n) is 19.4. The van der Waals surface area contributed by atoms with E-state index in [0.29, 0.717) is 36.9 Å². The average Bonchev–Trinajstić information content (AvgIpc) is 3.47. The Morgan fingerprint density at radius 2 is 1.93 bits per heavy atom. The van der Waals surface area contributed by atoms with Gasteiger partial charge in [0.15, 0.2) is 0 Å². The van der Waals surface area contributed by atoms with Crippen molar-refractivity contribution in [3.05, 3.63) is 82.0 Å². The first kappa shape index (κ1) is 38.5. The number of anilines is 1. The van der Waals surface area contributed by atoms with Crippen LogP contribution in [0.3, 0.4) is 0 Å². The highest BCUT2D eigenvalue weighted by Gasteiger charge is 2.45. The van der Waals surface area contributed by atoms with Crippen LogP contribution in [0.2, 0.25) is 5.02 Å². The molecule has 0 saturated heterocycles. The average molecular weight is 806 g/mol. The van der Waals surface area contributed by atoms with E-state index in [4.69, 9.17) is 30.5 Å². The number of benzene rings is 2. The molecule has 5 aliphatic rings. The molecule has 1 saturated carbocycles. The van der Waals surface area contributed by atoms with E-state index in [-0.39, 0.29) is 59.0 Å². The summed E-state index contributed by atoms with van der Waals surface area (Å²) < 4.78 is 47.7. The Balaban J connectivity index is 1.24. The third-order valence-corrected chi connectivity index (χ3v) is 14.2. The number of ether oxygens (including phenoxy) is 4. The predicted molar refractivity (Wildman–Crippen MR) is 211 cm³/mol. The highest BCUT2D eigenvalue weighted by molar-refractivity contribution is 7.92. The van der Waals surface area contributed by atoms with E-state index < -0.39 is 39.9 Å². The van der Waals surface area contributed by atoms with Crippen molar-refractivity contribution < 1.29 is 37.5 Å². The van der Waals surface area contributed by atoms with Gasteiger partial charge < -0.3 is 23.8 Å². The Bertz CT molecular complexity index is 2200. The zero-order chi connectivity index (χ0) is 39.2. The Labute approximate surface area is 332 Å². The summed E-state index contributed by atoms with van der Waals surface area (Å²) in [5.74, 6) is -1.52. The Kier molecular flexibility index (Phi) is 10.7. The number of aromatic nitrogens is 2. The number of esters is 1. The van der Waals surface area contributed by atoms with Gasteiger partial charge in [-0.15, -0.1) is 9.46 Å². The van der Waals surface area contributed by atoms with Gasteiger partial charge in [-0.3, -0.25) is 23.8 Å². The first-order chi connectivity index (χ1) is 26.9. The molecule has 1 unspecified atom stereocenters. The van der Waals surface area contributed by atoms with Gasteiger partial charge >= 0.3 is 5.97 Å². The van der Waals surface area contributed by atoms with Crippen LogP contribution in [0, 0.1) is 17.8 Å². The molecule has 3 aliphatic heterocycles. The van der Waals surface area contributed by atoms with Gasteiger partial charge in [0, 0.05) is 67.2 Å². The van der Waals surface area contributed by atoms with Crippen LogP contribution in [0.1, 0.15) is 77.3 Å². The molecular weight excluding hydrogens is 758 g/mol. The first-order valence-corrected chi connectivity index (χ1v) is 21.5. The summed E-state index contributed by atoms with van der Waals surface area (Å²) in [5, 5.41) is 4.86. The standard InChI is InChI=1S/C41H48ClN5O8S/c1-25-22-56(51,45-39(50)31-21-46(2)43-40(31)52-3)44-38(49)27-9-13-36-33(19-27)47(23-41(24-54-36)16-4-6-26-18-29(42)10-12-32(26)41)20-28-8-11-30(28)35-15-14-34(25)53-17-5-7-37(48)55-35/h9-10,12-15,18-19,21,25,28,30,34-35H,4-8,11,16-17,20,22-24H2,1-3H3,(H,44,45,49,50,51)/b15-14-/t25-,28+,30-,34-,35+,41+,56?/m1/s1. The van der Waals surface area contributed by atoms with E-state index in [1.165, 1.54) is 29.1 Å². The molecule has 15 heteroatoms. The van der Waals surface area contributed by atoms with E-state index in [9.17, 15) is 18.6 Å². The fourth-order valence-electron chi connectivity index (χ4n) is 9.04. The highest BCUT2D eigenvalue weighted by Crippen LogP contribution is 2.47. The van der Waals surface area contributed by atoms with Crippen LogP contribution in [0.15, 0.2) is 59.1 Å². The fraction of sp³-hybridized carbons (Fsp3) is 0.512. The Hall–Kier alpha value is -4.40. The molecule has 1 aromatic heterocycles. The van der Waals surface area contributed by atoms with Crippen molar-refractivity contribution >= 4 is 45.0 Å². The molecule has 1 N–H and O–H groups in total. The van der Waals surface area contributed by atoms with Crippen LogP contribution in [-0.4, -0.2) is 83.1 Å². The fourth-order valence-corrected chi connectivity index (χ4v) is 11.1. The minimum Gasteiger partial charge on any atom is -0.490 e. The summed E-state index contributed by atoms with van der Waals surface area (Å²) in [4.78, 5) is 43.3. The van der Waals surface area contributed by atoms with Crippen LogP contribution < -0.4 is 19.1 Å². The Morgan fingerprint density at radius 3 is 2.73 bits per heavy atom. The van der Waals surface area contributed by atoms with Crippen LogP contribution in [0.4, 0.5) is 5.69 Å². The zero-order valence-corrected chi connectivity index (χ0v) is 33.5. The molecule has 298 valence electrons. The number of carbonyl (C=O) groups is 3. The van der Waals surface area contributed by atoms with Gasteiger partial charge in [0.25, 0.3) is 11.8 Å². The van der Waals surface area contributed by atoms with Crippen molar-refractivity contribution in [2.24, 2.45) is 29.2 Å². The maximum atomic E-state index is 14.9. The number of rotatable bonds is 3. The smallest absolute Gasteiger partial charge is 0.306 e. The van der Waals surface area contributed by atoms with E-state index in [1.54, 1.807) is 25.2 Å². The monoisotopic (exact) mass is 805 g/mol. The van der Waals surface area contributed by atoms with Crippen LogP contribution in [0.5, 0.6) is 11.6 Å². The maximum absolute atomic E-state index is 14.9. The van der Waals surface area contributed by atoms with E-state index >= 15 is 0 Å². The van der Waals surface area contributed by atoms with Crippen molar-refractivity contribution in [3.8, 4) is 11.6 Å². The van der Waals surface area contributed by atoms with Gasteiger partial charge in [0.2, 0.25) is 5.88 Å². The maximum Gasteiger partial charge on any atom is 0.306 e. The summed E-state index contributed by atoms with van der Waals surface area (Å²) in [6.07, 6.45) is 9.50. The number of halogens is 1. The van der Waals surface area contributed by atoms with Crippen LogP contribution in [0.25, 0.3) is 0 Å². The summed E-state index contributed by atoms with van der Waals surface area (Å²) in [6.45, 7) is 3.82. The largest absolute Gasteiger partial charge is 0.490 e. The SMILES string of the molecule is COc1nn(C)cc1C(=O)NS1(=O)=NC(=O)c2ccc3c(c2)N(C[C@@H]2CC[C@H]2[C@@H]2/C=C\[C@@H](OCCCC(=O)O2)[C@H](C)C1)C[C@@]1(CCCc2cc(Cl)ccc21)CO3. The lowest BCUT2D eigenvalue weighted by Gasteiger charge is -2.46. The minimum absolute atomic E-state index is 0.0429. The summed E-state index contributed by atoms with van der Waals surface area (Å²) >= 11 is 6.48. The van der Waals surface area contributed by atoms with Crippen molar-refractivity contribution in [3.63, 3.8) is 0 Å². The molecule has 2 amide bonds. The lowest BCUT2D eigenvalue weighted by atomic mass is 9.68. The van der Waals surface area contributed by atoms with Crippen LogP contribution >= 0.6 is 11.6 Å². The third kappa shape index (κ3) is 7.67. The molecule has 13 nitrogen and oxygen atoms in total. The van der Waals surface area contributed by atoms with Gasteiger partial charge in [-0.25, -0.2) is 4.21 Å². The second kappa shape index (κ2) is 15.5. The predicted octanol–water partition coefficient (Wildman–Crippen LogP) is 5.83. The van der Waals surface area contributed by atoms with E-state index in [1.807, 2.05) is 25.1 Å². The van der Waals surface area contributed by atoms with E-state index in [2.05, 4.69) is 31.2 Å². The molecule has 4 heterocycles. The van der Waals surface area contributed by atoms with Gasteiger partial charge in [0.1, 0.15) is 27.3 Å². The molecule has 3 aromatic rings. The number of nitrogens with one attached hydrogen (secondary N) is 1. The molecule has 56 heavy (non-hydrogen) atoms. The normalized spacial score (nSPS) is 31.0. The second-order valence-electron chi connectivity index (χ2n) is 15.9. The summed E-state index contributed by atoms with van der Waals surface area (Å²) in [6, 6.07) is 11.3. The van der Waals surface area contributed by atoms with Crippen molar-refractivity contribution in [2.75, 3.05) is 44.1 Å². The molecule has 2 aromatic carbocycles. The molecule has 2 aliphatic carbocycles. The topological polar surface area (TPSA) is 151 Å². The molecule has 1 fully saturated rings. The van der Waals surface area contributed by atoms with E-state index in [0.717, 1.165) is 37.8 Å². The van der Waals surface area contributed by atoms with Gasteiger partial charge in [-0.1, -0.05) is 30.7 Å². The lowest BCUT2D eigenvalue weighted by Crippen LogP contribution is -2.50. The van der Waals surface area contributed by atoms with Crippen molar-refractivity contribution in [1.82, 2.24) is 14.5 Å². The number of carbonyl (C=O) groups excluding carboxylic acids is 3. The molecule has 4 bridgehead atoms. The molecule has 0 radical (unpaired) electrons. The number of nitrogens with zero attached hydrogens (tertiary/aromatic N) is 4. The lowest BCUT2D eigenvalue weighted by molar-refractivity contribution is -0.152. The summed E-state index contributed by atoms with van der Waals surface area (Å²) in [5.41, 5.74) is 3.08. The number of aryl methyl sites for hydroxylation is 2.